The van der Waals surface area contributed by atoms with E-state index in [1.807, 2.05) is 42.6 Å². The Labute approximate surface area is 198 Å². The average molecular weight is 472 g/mol. The summed E-state index contributed by atoms with van der Waals surface area (Å²) < 4.78 is 10.6. The molecule has 34 heavy (non-hydrogen) atoms. The molecule has 0 radical (unpaired) electrons. The Kier molecular flexibility index (Phi) is 10.1. The number of benzene rings is 1. The zero-order chi connectivity index (χ0) is 24.2. The number of amides is 2. The van der Waals surface area contributed by atoms with E-state index in [4.69, 9.17) is 14.6 Å². The Morgan fingerprint density at radius 2 is 2.06 bits per heavy atom. The first kappa shape index (κ1) is 25.5. The number of carbonyl (C=O) groups is 3. The van der Waals surface area contributed by atoms with Crippen molar-refractivity contribution in [3.63, 3.8) is 0 Å². The lowest BCUT2D eigenvalue weighted by Gasteiger charge is -2.23. The molecule has 2 unspecified atom stereocenters. The van der Waals surface area contributed by atoms with Crippen LogP contribution in [-0.2, 0) is 30.3 Å². The zero-order valence-electron chi connectivity index (χ0n) is 19.3. The topological polar surface area (TPSA) is 130 Å². The van der Waals surface area contributed by atoms with Crippen LogP contribution >= 0.6 is 0 Å². The van der Waals surface area contributed by atoms with E-state index >= 15 is 0 Å². The number of rotatable bonds is 9. The van der Waals surface area contributed by atoms with E-state index in [9.17, 15) is 14.4 Å². The number of H-pyrrole nitrogens is 1. The number of carbonyl (C=O) groups excluding carboxylic acids is 3. The van der Waals surface area contributed by atoms with Gasteiger partial charge in [-0.3, -0.25) is 14.4 Å². The Morgan fingerprint density at radius 3 is 2.91 bits per heavy atom. The summed E-state index contributed by atoms with van der Waals surface area (Å²) in [7, 11) is 0. The van der Waals surface area contributed by atoms with Crippen molar-refractivity contribution in [1.29, 1.82) is 0 Å². The maximum absolute atomic E-state index is 13.1. The van der Waals surface area contributed by atoms with Crippen molar-refractivity contribution in [1.82, 2.24) is 15.6 Å². The number of aromatic nitrogens is 1. The molecule has 2 heterocycles. The molecule has 0 saturated heterocycles. The maximum atomic E-state index is 13.1. The summed E-state index contributed by atoms with van der Waals surface area (Å²) in [6, 6.07) is 7.47. The number of hydrogen-bond acceptors (Lipinski definition) is 6. The molecule has 9 heteroatoms. The van der Waals surface area contributed by atoms with Gasteiger partial charge in [-0.1, -0.05) is 30.4 Å². The van der Waals surface area contributed by atoms with Crippen LogP contribution in [0.5, 0.6) is 0 Å². The van der Waals surface area contributed by atoms with Gasteiger partial charge in [0.15, 0.2) is 0 Å². The van der Waals surface area contributed by atoms with Crippen molar-refractivity contribution in [3.8, 4) is 0 Å². The average Bonchev–Trinajstić information content (AvgIpc) is 3.23. The van der Waals surface area contributed by atoms with Crippen LogP contribution < -0.4 is 10.6 Å². The summed E-state index contributed by atoms with van der Waals surface area (Å²) in [5.74, 6) is -1.34. The van der Waals surface area contributed by atoms with Gasteiger partial charge in [-0.05, 0) is 30.9 Å². The lowest BCUT2D eigenvalue weighted by atomic mass is 9.97. The second-order valence-electron chi connectivity index (χ2n) is 8.28. The molecule has 4 N–H and O–H groups in total. The monoisotopic (exact) mass is 471 g/mol. The molecule has 3 rings (SSSR count). The minimum Gasteiger partial charge on any atom is -0.463 e. The quantitative estimate of drug-likeness (QED) is 0.250. The first-order valence-electron chi connectivity index (χ1n) is 11.7. The zero-order valence-corrected chi connectivity index (χ0v) is 19.3. The van der Waals surface area contributed by atoms with Crippen molar-refractivity contribution in [3.05, 3.63) is 48.2 Å². The van der Waals surface area contributed by atoms with Crippen LogP contribution in [0.3, 0.4) is 0 Å². The van der Waals surface area contributed by atoms with Gasteiger partial charge in [-0.2, -0.15) is 0 Å². The highest BCUT2D eigenvalue weighted by Gasteiger charge is 2.25. The molecule has 2 aromatic rings. The Balaban J connectivity index is 1.66. The fourth-order valence-corrected chi connectivity index (χ4v) is 3.89. The Morgan fingerprint density at radius 1 is 1.21 bits per heavy atom. The fourth-order valence-electron chi connectivity index (χ4n) is 3.89. The van der Waals surface area contributed by atoms with Crippen LogP contribution in [0, 0.1) is 5.92 Å². The molecule has 0 spiro atoms. The predicted molar refractivity (Wildman–Crippen MR) is 127 cm³/mol. The maximum Gasteiger partial charge on any atom is 0.306 e. The van der Waals surface area contributed by atoms with Crippen LogP contribution in [0.1, 0.15) is 31.2 Å². The van der Waals surface area contributed by atoms with Gasteiger partial charge in [-0.25, -0.2) is 0 Å². The lowest BCUT2D eigenvalue weighted by molar-refractivity contribution is -0.145. The van der Waals surface area contributed by atoms with Gasteiger partial charge in [0.05, 0.1) is 31.8 Å². The third kappa shape index (κ3) is 8.00. The van der Waals surface area contributed by atoms with E-state index in [0.717, 1.165) is 16.5 Å². The fraction of sp³-hybridized carbons (Fsp3) is 0.480. The molecule has 1 aliphatic heterocycles. The van der Waals surface area contributed by atoms with Crippen LogP contribution in [0.15, 0.2) is 42.6 Å². The summed E-state index contributed by atoms with van der Waals surface area (Å²) >= 11 is 0. The molecule has 0 fully saturated rings. The third-order valence-electron chi connectivity index (χ3n) is 5.64. The number of aliphatic hydroxyl groups excluding tert-OH is 1. The number of para-hydroxylation sites is 1. The highest BCUT2D eigenvalue weighted by molar-refractivity contribution is 5.86. The van der Waals surface area contributed by atoms with Crippen molar-refractivity contribution in [2.45, 2.75) is 38.1 Å². The highest BCUT2D eigenvalue weighted by atomic mass is 16.5. The molecule has 0 aliphatic carbocycles. The van der Waals surface area contributed by atoms with Gasteiger partial charge in [-0.15, -0.1) is 0 Å². The number of esters is 1. The molecule has 184 valence electrons. The van der Waals surface area contributed by atoms with E-state index in [2.05, 4.69) is 15.6 Å². The number of allylic oxidation sites excluding steroid dienone is 2. The SMILES string of the molecule is O=C(CC1CC=CCCC(=O)OCC(Cc2c[nH]c3ccccc23)NC1=O)NCCOCCO. The number of fused-ring (bicyclic) bond motifs is 1. The minimum atomic E-state index is -0.546. The van der Waals surface area contributed by atoms with E-state index in [1.54, 1.807) is 0 Å². The summed E-state index contributed by atoms with van der Waals surface area (Å²) in [4.78, 5) is 40.8. The third-order valence-corrected chi connectivity index (χ3v) is 5.64. The van der Waals surface area contributed by atoms with Gasteiger partial charge in [0, 0.05) is 36.5 Å². The molecule has 1 aliphatic rings. The summed E-state index contributed by atoms with van der Waals surface area (Å²) in [6.45, 7) is 0.809. The number of ether oxygens (including phenoxy) is 2. The first-order chi connectivity index (χ1) is 16.6. The standard InChI is InChI=1S/C25H33N3O6/c29-11-13-33-12-10-26-23(30)15-18-6-2-1-3-9-24(31)34-17-20(28-25(18)32)14-19-16-27-22-8-5-4-7-21(19)22/h1-2,4-5,7-8,16,18,20,27,29H,3,6,9-15,17H2,(H,26,30)(H,28,32). The minimum absolute atomic E-state index is 0.0375. The number of nitrogens with one attached hydrogen (secondary N) is 3. The van der Waals surface area contributed by atoms with Gasteiger partial charge >= 0.3 is 5.97 Å². The van der Waals surface area contributed by atoms with E-state index in [-0.39, 0.29) is 50.4 Å². The molecular formula is C25H33N3O6. The summed E-state index contributed by atoms with van der Waals surface area (Å²) in [6.07, 6.45) is 7.29. The van der Waals surface area contributed by atoms with Gasteiger partial charge in [0.1, 0.15) is 6.61 Å². The van der Waals surface area contributed by atoms with Crippen molar-refractivity contribution >= 4 is 28.7 Å². The largest absolute Gasteiger partial charge is 0.463 e. The summed E-state index contributed by atoms with van der Waals surface area (Å²) in [5.41, 5.74) is 2.01. The molecule has 1 aromatic carbocycles. The van der Waals surface area contributed by atoms with Crippen LogP contribution in [0.2, 0.25) is 0 Å². The second-order valence-corrected chi connectivity index (χ2v) is 8.28. The molecule has 1 aromatic heterocycles. The molecule has 9 nitrogen and oxygen atoms in total. The lowest BCUT2D eigenvalue weighted by Crippen LogP contribution is -2.44. The first-order valence-corrected chi connectivity index (χ1v) is 11.7. The van der Waals surface area contributed by atoms with E-state index in [1.165, 1.54) is 0 Å². The number of aromatic amines is 1. The van der Waals surface area contributed by atoms with Crippen molar-refractivity contribution in [2.24, 2.45) is 5.92 Å². The van der Waals surface area contributed by atoms with Crippen LogP contribution in [0.25, 0.3) is 10.9 Å². The number of aliphatic hydroxyl groups is 1. The van der Waals surface area contributed by atoms with E-state index in [0.29, 0.717) is 32.4 Å². The van der Waals surface area contributed by atoms with Crippen LogP contribution in [-0.4, -0.2) is 66.9 Å². The van der Waals surface area contributed by atoms with Gasteiger partial charge in [0.2, 0.25) is 11.8 Å². The number of cyclic esters (lactones) is 1. The Bertz CT molecular complexity index is 986. The summed E-state index contributed by atoms with van der Waals surface area (Å²) in [5, 5.41) is 15.5. The predicted octanol–water partition coefficient (Wildman–Crippen LogP) is 1.61. The number of hydrogen-bond donors (Lipinski definition) is 4. The second kappa shape index (κ2) is 13.5. The van der Waals surface area contributed by atoms with Crippen LogP contribution in [0.4, 0.5) is 0 Å². The van der Waals surface area contributed by atoms with E-state index < -0.39 is 12.0 Å². The smallest absolute Gasteiger partial charge is 0.306 e. The highest BCUT2D eigenvalue weighted by Crippen LogP contribution is 2.20. The van der Waals surface area contributed by atoms with Gasteiger partial charge in [0.25, 0.3) is 0 Å². The van der Waals surface area contributed by atoms with Crippen molar-refractivity contribution < 1.29 is 29.0 Å². The molecule has 2 atom stereocenters. The normalized spacial score (nSPS) is 19.7. The van der Waals surface area contributed by atoms with Gasteiger partial charge < -0.3 is 30.2 Å². The molecule has 0 saturated carbocycles. The molecular weight excluding hydrogens is 438 g/mol. The molecule has 2 amide bonds. The molecule has 0 bridgehead atoms. The van der Waals surface area contributed by atoms with Crippen molar-refractivity contribution in [2.75, 3.05) is 33.0 Å². The Hall–Kier alpha value is -3.17.